The van der Waals surface area contributed by atoms with Crippen molar-refractivity contribution in [3.05, 3.63) is 34.8 Å². The van der Waals surface area contributed by atoms with Crippen molar-refractivity contribution in [3.8, 4) is 0 Å². The van der Waals surface area contributed by atoms with Crippen LogP contribution < -0.4 is 10.2 Å². The molecule has 3 rings (SSSR count). The summed E-state index contributed by atoms with van der Waals surface area (Å²) in [7, 11) is 2.89. The number of piperidine rings is 1. The Morgan fingerprint density at radius 3 is 2.83 bits per heavy atom. The molecule has 2 aromatic rings. The molecule has 1 fully saturated rings. The number of esters is 1. The molecule has 11 heteroatoms. The molecule has 1 aliphatic rings. The van der Waals surface area contributed by atoms with Gasteiger partial charge >= 0.3 is 5.97 Å². The number of anilines is 1. The van der Waals surface area contributed by atoms with E-state index in [9.17, 15) is 9.59 Å². The molecule has 0 bridgehead atoms. The molecule has 1 amide bonds. The van der Waals surface area contributed by atoms with Crippen molar-refractivity contribution in [2.75, 3.05) is 32.2 Å². The van der Waals surface area contributed by atoms with Gasteiger partial charge in [-0.15, -0.1) is 0 Å². The van der Waals surface area contributed by atoms with Gasteiger partial charge in [-0.1, -0.05) is 18.5 Å². The predicted molar refractivity (Wildman–Crippen MR) is 105 cm³/mol. The standard InChI is InChI=1S/C18H23ClN6O4/c1-4-10-15(19)24-16(22-10)17(26)23-11-5-6-25(8-13(11)28-2)14-7-12(18(27)29-3)20-9-21-14/h7,9,11,13H,4-6,8H2,1-3H3,(H,22,24)(H,23,26)/t11-,13+/m1/s1. The van der Waals surface area contributed by atoms with Gasteiger partial charge in [-0.25, -0.2) is 19.7 Å². The van der Waals surface area contributed by atoms with Gasteiger partial charge in [0.2, 0.25) is 0 Å². The molecular weight excluding hydrogens is 400 g/mol. The predicted octanol–water partition coefficient (Wildman–Crippen LogP) is 1.23. The van der Waals surface area contributed by atoms with E-state index in [4.69, 9.17) is 21.1 Å². The molecule has 0 aromatic carbocycles. The van der Waals surface area contributed by atoms with Crippen LogP contribution in [0.3, 0.4) is 0 Å². The van der Waals surface area contributed by atoms with Crippen LogP contribution >= 0.6 is 11.6 Å². The maximum atomic E-state index is 12.6. The van der Waals surface area contributed by atoms with Crippen LogP contribution in [0.15, 0.2) is 12.4 Å². The third-order valence-corrected chi connectivity index (χ3v) is 5.16. The molecule has 1 aliphatic heterocycles. The van der Waals surface area contributed by atoms with Gasteiger partial charge in [0.1, 0.15) is 12.1 Å². The van der Waals surface area contributed by atoms with Gasteiger partial charge in [0.15, 0.2) is 16.7 Å². The zero-order valence-electron chi connectivity index (χ0n) is 16.4. The van der Waals surface area contributed by atoms with Crippen LogP contribution in [-0.2, 0) is 15.9 Å². The van der Waals surface area contributed by atoms with Crippen LogP contribution in [-0.4, -0.2) is 71.3 Å². The Labute approximate surface area is 173 Å². The third-order valence-electron chi connectivity index (χ3n) is 4.85. The van der Waals surface area contributed by atoms with Crippen molar-refractivity contribution in [1.29, 1.82) is 0 Å². The minimum absolute atomic E-state index is 0.183. The molecule has 0 spiro atoms. The molecule has 3 heterocycles. The van der Waals surface area contributed by atoms with Gasteiger partial charge < -0.3 is 24.7 Å². The highest BCUT2D eigenvalue weighted by atomic mass is 35.5. The lowest BCUT2D eigenvalue weighted by atomic mass is 10.0. The molecule has 156 valence electrons. The number of halogens is 1. The second-order valence-electron chi connectivity index (χ2n) is 6.55. The van der Waals surface area contributed by atoms with E-state index < -0.39 is 5.97 Å². The van der Waals surface area contributed by atoms with Crippen LogP contribution in [0, 0.1) is 0 Å². The summed E-state index contributed by atoms with van der Waals surface area (Å²) in [5, 5.41) is 3.27. The highest BCUT2D eigenvalue weighted by Gasteiger charge is 2.32. The Morgan fingerprint density at radius 1 is 1.38 bits per heavy atom. The number of imidazole rings is 1. The SMILES string of the molecule is CCc1[nH]c(C(=O)N[C@@H]2CCN(c3cc(C(=O)OC)ncn3)C[C@@H]2OC)nc1Cl. The second-order valence-corrected chi connectivity index (χ2v) is 6.91. The van der Waals surface area contributed by atoms with E-state index in [1.165, 1.54) is 13.4 Å². The highest BCUT2D eigenvalue weighted by Crippen LogP contribution is 2.21. The zero-order chi connectivity index (χ0) is 21.0. The summed E-state index contributed by atoms with van der Waals surface area (Å²) in [6.45, 7) is 3.02. The van der Waals surface area contributed by atoms with E-state index >= 15 is 0 Å². The quantitative estimate of drug-likeness (QED) is 0.666. The summed E-state index contributed by atoms with van der Waals surface area (Å²) in [5.41, 5.74) is 0.906. The number of aryl methyl sites for hydroxylation is 1. The van der Waals surface area contributed by atoms with E-state index in [-0.39, 0.29) is 29.6 Å². The molecule has 0 radical (unpaired) electrons. The van der Waals surface area contributed by atoms with Crippen molar-refractivity contribution in [2.24, 2.45) is 0 Å². The number of amides is 1. The maximum absolute atomic E-state index is 12.6. The molecule has 0 unspecified atom stereocenters. The van der Waals surface area contributed by atoms with Crippen LogP contribution in [0.5, 0.6) is 0 Å². The highest BCUT2D eigenvalue weighted by molar-refractivity contribution is 6.30. The first-order chi connectivity index (χ1) is 14.0. The number of hydrogen-bond donors (Lipinski definition) is 2. The minimum Gasteiger partial charge on any atom is -0.464 e. The lowest BCUT2D eigenvalue weighted by Crippen LogP contribution is -2.55. The number of aromatic nitrogens is 4. The summed E-state index contributed by atoms with van der Waals surface area (Å²) in [5.74, 6) is -0.0787. The maximum Gasteiger partial charge on any atom is 0.356 e. The summed E-state index contributed by atoms with van der Waals surface area (Å²) < 4.78 is 10.3. The topological polar surface area (TPSA) is 122 Å². The van der Waals surface area contributed by atoms with E-state index in [0.29, 0.717) is 36.9 Å². The number of H-pyrrole nitrogens is 1. The first-order valence-electron chi connectivity index (χ1n) is 9.20. The Balaban J connectivity index is 1.68. The lowest BCUT2D eigenvalue weighted by molar-refractivity contribution is 0.0536. The summed E-state index contributed by atoms with van der Waals surface area (Å²) in [6.07, 6.45) is 2.32. The van der Waals surface area contributed by atoms with Crippen molar-refractivity contribution in [3.63, 3.8) is 0 Å². The number of carbonyl (C=O) groups is 2. The molecule has 10 nitrogen and oxygen atoms in total. The molecule has 1 saturated heterocycles. The van der Waals surface area contributed by atoms with Crippen LogP contribution in [0.1, 0.15) is 40.1 Å². The van der Waals surface area contributed by atoms with E-state index in [1.807, 2.05) is 11.8 Å². The average Bonchev–Trinajstić information content (AvgIpc) is 3.14. The second kappa shape index (κ2) is 9.19. The zero-order valence-corrected chi connectivity index (χ0v) is 17.2. The molecule has 2 aromatic heterocycles. The fourth-order valence-corrected chi connectivity index (χ4v) is 3.50. The minimum atomic E-state index is -0.525. The molecular formula is C18H23ClN6O4. The number of hydrogen-bond acceptors (Lipinski definition) is 8. The van der Waals surface area contributed by atoms with E-state index in [0.717, 1.165) is 5.69 Å². The van der Waals surface area contributed by atoms with Crippen LogP contribution in [0.2, 0.25) is 5.15 Å². The largest absolute Gasteiger partial charge is 0.464 e. The Morgan fingerprint density at radius 2 is 2.17 bits per heavy atom. The van der Waals surface area contributed by atoms with Gasteiger partial charge in [0.25, 0.3) is 5.91 Å². The first kappa shape index (κ1) is 21.0. The van der Waals surface area contributed by atoms with Crippen LogP contribution in [0.4, 0.5) is 5.82 Å². The summed E-state index contributed by atoms with van der Waals surface area (Å²) in [6, 6.07) is 1.37. The number of carbonyl (C=O) groups excluding carboxylic acids is 2. The Hall–Kier alpha value is -2.72. The normalized spacial score (nSPS) is 19.1. The monoisotopic (exact) mass is 422 g/mol. The van der Waals surface area contributed by atoms with Crippen molar-refractivity contribution in [1.82, 2.24) is 25.3 Å². The van der Waals surface area contributed by atoms with Crippen molar-refractivity contribution in [2.45, 2.75) is 31.9 Å². The average molecular weight is 423 g/mol. The molecule has 0 saturated carbocycles. The lowest BCUT2D eigenvalue weighted by Gasteiger charge is -2.38. The number of ether oxygens (including phenoxy) is 2. The van der Waals surface area contributed by atoms with Gasteiger partial charge in [-0.2, -0.15) is 0 Å². The van der Waals surface area contributed by atoms with E-state index in [1.54, 1.807) is 13.2 Å². The number of aromatic amines is 1. The molecule has 29 heavy (non-hydrogen) atoms. The summed E-state index contributed by atoms with van der Waals surface area (Å²) >= 11 is 6.02. The van der Waals surface area contributed by atoms with Gasteiger partial charge in [-0.05, 0) is 12.8 Å². The van der Waals surface area contributed by atoms with Gasteiger partial charge in [0, 0.05) is 26.3 Å². The summed E-state index contributed by atoms with van der Waals surface area (Å²) in [4.78, 5) is 41.4. The number of rotatable bonds is 6. The number of methoxy groups -OCH3 is 2. The smallest absolute Gasteiger partial charge is 0.356 e. The molecule has 2 N–H and O–H groups in total. The van der Waals surface area contributed by atoms with Gasteiger partial charge in [-0.3, -0.25) is 4.79 Å². The van der Waals surface area contributed by atoms with E-state index in [2.05, 4.69) is 25.3 Å². The fraction of sp³-hybridized carbons (Fsp3) is 0.500. The van der Waals surface area contributed by atoms with Gasteiger partial charge in [0.05, 0.1) is 24.9 Å². The van der Waals surface area contributed by atoms with Crippen LogP contribution in [0.25, 0.3) is 0 Å². The third kappa shape index (κ3) is 4.65. The molecule has 0 aliphatic carbocycles. The Kier molecular flexibility index (Phi) is 6.65. The number of nitrogens with one attached hydrogen (secondary N) is 2. The molecule has 2 atom stereocenters. The number of nitrogens with zero attached hydrogens (tertiary/aromatic N) is 4. The Bertz CT molecular complexity index is 889. The van der Waals surface area contributed by atoms with Crippen molar-refractivity contribution >= 4 is 29.3 Å². The first-order valence-corrected chi connectivity index (χ1v) is 9.57. The fourth-order valence-electron chi connectivity index (χ4n) is 3.23. The van der Waals surface area contributed by atoms with Crippen molar-refractivity contribution < 1.29 is 19.1 Å².